The molecule has 102 valence electrons. The molecule has 0 atom stereocenters. The highest BCUT2D eigenvalue weighted by Crippen LogP contribution is 2.21. The molecule has 1 aromatic heterocycles. The summed E-state index contributed by atoms with van der Waals surface area (Å²) in [5, 5.41) is 0. The van der Waals surface area contributed by atoms with Crippen LogP contribution in [0.5, 0.6) is 0 Å². The maximum absolute atomic E-state index is 12.0. The van der Waals surface area contributed by atoms with Gasteiger partial charge < -0.3 is 10.6 Å². The molecule has 0 unspecified atom stereocenters. The van der Waals surface area contributed by atoms with Crippen LogP contribution < -0.4 is 10.6 Å². The van der Waals surface area contributed by atoms with Gasteiger partial charge >= 0.3 is 0 Å². The molecule has 1 aromatic rings. The van der Waals surface area contributed by atoms with E-state index in [1.807, 2.05) is 11.9 Å². The number of nitrogens with zero attached hydrogens (tertiary/aromatic N) is 2. The Morgan fingerprint density at radius 2 is 2.00 bits per heavy atom. The van der Waals surface area contributed by atoms with E-state index in [0.717, 1.165) is 5.69 Å². The van der Waals surface area contributed by atoms with Crippen LogP contribution in [0, 0.1) is 0 Å². The highest BCUT2D eigenvalue weighted by atomic mass is 32.2. The van der Waals surface area contributed by atoms with Crippen molar-refractivity contribution in [1.82, 2.24) is 4.98 Å². The normalized spacial score (nSPS) is 12.4. The Labute approximate surface area is 109 Å². The molecule has 0 aliphatic carbocycles. The van der Waals surface area contributed by atoms with Gasteiger partial charge in [0.1, 0.15) is 0 Å². The summed E-state index contributed by atoms with van der Waals surface area (Å²) >= 11 is 0. The minimum Gasteiger partial charge on any atom is -0.396 e. The molecule has 0 aromatic carbocycles. The van der Waals surface area contributed by atoms with E-state index in [2.05, 4.69) is 4.98 Å². The molecule has 0 amide bonds. The molecule has 0 saturated carbocycles. The minimum absolute atomic E-state index is 0.106. The zero-order valence-corrected chi connectivity index (χ0v) is 12.2. The standard InChI is InChI=1S/C12H21N3O2S/c1-12(2,3)18(16,17)8-7-15(4)11-5-6-14-9-10(11)13/h5-6,9H,7-8,13H2,1-4H3. The van der Waals surface area contributed by atoms with Crippen LogP contribution in [0.2, 0.25) is 0 Å². The fourth-order valence-electron chi connectivity index (χ4n) is 1.43. The van der Waals surface area contributed by atoms with E-state index in [4.69, 9.17) is 5.73 Å². The molecular weight excluding hydrogens is 250 g/mol. The SMILES string of the molecule is CN(CCS(=O)(=O)C(C)(C)C)c1ccncc1N. The van der Waals surface area contributed by atoms with Crippen molar-refractivity contribution in [2.75, 3.05) is 30.0 Å². The Balaban J connectivity index is 2.74. The van der Waals surface area contributed by atoms with Gasteiger partial charge in [0.2, 0.25) is 0 Å². The number of rotatable bonds is 4. The smallest absolute Gasteiger partial charge is 0.156 e. The second kappa shape index (κ2) is 5.14. The predicted octanol–water partition coefficient (Wildman–Crippen LogP) is 1.31. The Morgan fingerprint density at radius 3 is 2.50 bits per heavy atom. The van der Waals surface area contributed by atoms with Crippen LogP contribution in [-0.2, 0) is 9.84 Å². The van der Waals surface area contributed by atoms with E-state index < -0.39 is 14.6 Å². The highest BCUT2D eigenvalue weighted by Gasteiger charge is 2.28. The van der Waals surface area contributed by atoms with E-state index in [1.54, 1.807) is 39.2 Å². The average Bonchev–Trinajstić information content (AvgIpc) is 2.25. The number of pyridine rings is 1. The molecule has 6 heteroatoms. The van der Waals surface area contributed by atoms with Crippen LogP contribution in [0.25, 0.3) is 0 Å². The summed E-state index contributed by atoms with van der Waals surface area (Å²) in [6.45, 7) is 5.54. The summed E-state index contributed by atoms with van der Waals surface area (Å²) in [5.41, 5.74) is 7.14. The first-order valence-electron chi connectivity index (χ1n) is 5.78. The summed E-state index contributed by atoms with van der Waals surface area (Å²) in [6.07, 6.45) is 3.20. The molecule has 2 N–H and O–H groups in total. The van der Waals surface area contributed by atoms with Crippen LogP contribution in [0.3, 0.4) is 0 Å². The van der Waals surface area contributed by atoms with Gasteiger partial charge in [0.25, 0.3) is 0 Å². The summed E-state index contributed by atoms with van der Waals surface area (Å²) in [6, 6.07) is 1.78. The van der Waals surface area contributed by atoms with Crippen molar-refractivity contribution in [1.29, 1.82) is 0 Å². The lowest BCUT2D eigenvalue weighted by atomic mass is 10.3. The van der Waals surface area contributed by atoms with Crippen LogP contribution in [0.4, 0.5) is 11.4 Å². The van der Waals surface area contributed by atoms with Gasteiger partial charge in [-0.15, -0.1) is 0 Å². The number of nitrogen functional groups attached to an aromatic ring is 1. The summed E-state index contributed by atoms with van der Waals surface area (Å²) < 4.78 is 23.3. The fourth-order valence-corrected chi connectivity index (χ4v) is 2.56. The molecule has 1 heterocycles. The molecule has 5 nitrogen and oxygen atoms in total. The Bertz CT molecular complexity index is 506. The lowest BCUT2D eigenvalue weighted by molar-refractivity contribution is 0.559. The van der Waals surface area contributed by atoms with Crippen LogP contribution >= 0.6 is 0 Å². The third-order valence-corrected chi connectivity index (χ3v) is 5.45. The van der Waals surface area contributed by atoms with Gasteiger partial charge in [-0.2, -0.15) is 0 Å². The lowest BCUT2D eigenvalue weighted by Crippen LogP contribution is -2.35. The first-order chi connectivity index (χ1) is 8.15. The van der Waals surface area contributed by atoms with Crippen molar-refractivity contribution in [3.05, 3.63) is 18.5 Å². The molecule has 1 rings (SSSR count). The van der Waals surface area contributed by atoms with Gasteiger partial charge in [-0.25, -0.2) is 8.42 Å². The van der Waals surface area contributed by atoms with Crippen LogP contribution in [0.1, 0.15) is 20.8 Å². The van der Waals surface area contributed by atoms with Gasteiger partial charge in [-0.05, 0) is 26.8 Å². The Morgan fingerprint density at radius 1 is 1.39 bits per heavy atom. The first kappa shape index (κ1) is 14.8. The van der Waals surface area contributed by atoms with Crippen molar-refractivity contribution in [3.63, 3.8) is 0 Å². The largest absolute Gasteiger partial charge is 0.396 e. The number of sulfone groups is 1. The average molecular weight is 271 g/mol. The molecule has 0 aliphatic heterocycles. The molecule has 0 spiro atoms. The van der Waals surface area contributed by atoms with E-state index >= 15 is 0 Å². The summed E-state index contributed by atoms with van der Waals surface area (Å²) in [7, 11) is -1.29. The molecule has 0 bridgehead atoms. The van der Waals surface area contributed by atoms with Gasteiger partial charge in [0.15, 0.2) is 9.84 Å². The monoisotopic (exact) mass is 271 g/mol. The van der Waals surface area contributed by atoms with Gasteiger partial charge in [-0.1, -0.05) is 0 Å². The summed E-state index contributed by atoms with van der Waals surface area (Å²) in [5.74, 6) is 0.106. The lowest BCUT2D eigenvalue weighted by Gasteiger charge is -2.24. The molecular formula is C12H21N3O2S. The number of aromatic nitrogens is 1. The Kier molecular flexibility index (Phi) is 4.21. The van der Waals surface area contributed by atoms with E-state index in [9.17, 15) is 8.42 Å². The number of hydrogen-bond donors (Lipinski definition) is 1. The topological polar surface area (TPSA) is 76.3 Å². The molecule has 18 heavy (non-hydrogen) atoms. The van der Waals surface area contributed by atoms with Gasteiger partial charge in [0.05, 0.1) is 28.1 Å². The van der Waals surface area contributed by atoms with Crippen LogP contribution in [0.15, 0.2) is 18.5 Å². The van der Waals surface area contributed by atoms with Crippen molar-refractivity contribution in [2.45, 2.75) is 25.5 Å². The Hall–Kier alpha value is -1.30. The van der Waals surface area contributed by atoms with Crippen LogP contribution in [-0.4, -0.2) is 37.5 Å². The second-order valence-electron chi connectivity index (χ2n) is 5.29. The number of hydrogen-bond acceptors (Lipinski definition) is 5. The van der Waals surface area contributed by atoms with Crippen molar-refractivity contribution in [2.24, 2.45) is 0 Å². The summed E-state index contributed by atoms with van der Waals surface area (Å²) in [4.78, 5) is 5.74. The van der Waals surface area contributed by atoms with Gasteiger partial charge in [-0.3, -0.25) is 4.98 Å². The highest BCUT2D eigenvalue weighted by molar-refractivity contribution is 7.92. The fraction of sp³-hybridized carbons (Fsp3) is 0.583. The zero-order chi connectivity index (χ0) is 14.0. The van der Waals surface area contributed by atoms with E-state index in [1.165, 1.54) is 0 Å². The van der Waals surface area contributed by atoms with E-state index in [-0.39, 0.29) is 5.75 Å². The zero-order valence-electron chi connectivity index (χ0n) is 11.3. The maximum atomic E-state index is 12.0. The predicted molar refractivity (Wildman–Crippen MR) is 75.5 cm³/mol. The van der Waals surface area contributed by atoms with E-state index in [0.29, 0.717) is 12.2 Å². The third kappa shape index (κ3) is 3.35. The molecule has 0 radical (unpaired) electrons. The van der Waals surface area contributed by atoms with Crippen molar-refractivity contribution >= 4 is 21.2 Å². The van der Waals surface area contributed by atoms with Crippen molar-refractivity contribution in [3.8, 4) is 0 Å². The molecule has 0 saturated heterocycles. The maximum Gasteiger partial charge on any atom is 0.156 e. The number of anilines is 2. The quantitative estimate of drug-likeness (QED) is 0.893. The molecule has 0 aliphatic rings. The first-order valence-corrected chi connectivity index (χ1v) is 7.43. The molecule has 0 fully saturated rings. The van der Waals surface area contributed by atoms with Crippen molar-refractivity contribution < 1.29 is 8.42 Å². The second-order valence-corrected chi connectivity index (χ2v) is 8.15. The number of nitrogens with two attached hydrogens (primary N) is 1. The van der Waals surface area contributed by atoms with Gasteiger partial charge in [0, 0.05) is 19.8 Å². The third-order valence-electron chi connectivity index (χ3n) is 2.87. The minimum atomic E-state index is -3.11.